The normalized spacial score (nSPS) is 24.3. The molecule has 1 aliphatic heterocycles. The van der Waals surface area contributed by atoms with Gasteiger partial charge in [-0.3, -0.25) is 4.90 Å². The predicted octanol–water partition coefficient (Wildman–Crippen LogP) is 5.63. The second-order valence-corrected chi connectivity index (χ2v) is 7.29. The molecule has 0 N–H and O–H groups in total. The summed E-state index contributed by atoms with van der Waals surface area (Å²) in [6.45, 7) is 2.32. The van der Waals surface area contributed by atoms with Crippen molar-refractivity contribution in [1.29, 1.82) is 0 Å². The van der Waals surface area contributed by atoms with Crippen LogP contribution in [0.5, 0.6) is 11.5 Å². The van der Waals surface area contributed by atoms with Gasteiger partial charge in [0.25, 0.3) is 0 Å². The van der Waals surface area contributed by atoms with E-state index in [1.165, 1.54) is 50.6 Å². The molecule has 1 saturated heterocycles. The third kappa shape index (κ3) is 3.64. The smallest absolute Gasteiger partial charge is 0.127 e. The number of likely N-dealkylation sites (tertiary alicyclic amines) is 1. The Labute approximate surface area is 145 Å². The van der Waals surface area contributed by atoms with Crippen LogP contribution in [0, 0.1) is 5.92 Å². The van der Waals surface area contributed by atoms with Crippen LogP contribution in [0.25, 0.3) is 0 Å². The van der Waals surface area contributed by atoms with Gasteiger partial charge in [0, 0.05) is 12.6 Å². The van der Waals surface area contributed by atoms with Crippen molar-refractivity contribution in [2.24, 2.45) is 5.92 Å². The van der Waals surface area contributed by atoms with Gasteiger partial charge in [0.1, 0.15) is 11.5 Å². The summed E-state index contributed by atoms with van der Waals surface area (Å²) in [4.78, 5) is 2.73. The molecule has 2 heteroatoms. The fourth-order valence-electron chi connectivity index (χ4n) is 4.49. The topological polar surface area (TPSA) is 12.5 Å². The summed E-state index contributed by atoms with van der Waals surface area (Å²) >= 11 is 0. The largest absolute Gasteiger partial charge is 0.457 e. The number of hydrogen-bond donors (Lipinski definition) is 0. The minimum Gasteiger partial charge on any atom is -0.457 e. The van der Waals surface area contributed by atoms with Gasteiger partial charge < -0.3 is 4.74 Å². The van der Waals surface area contributed by atoms with Crippen molar-refractivity contribution in [3.05, 3.63) is 60.2 Å². The Kier molecular flexibility index (Phi) is 4.84. The Hall–Kier alpha value is -1.80. The molecule has 24 heavy (non-hydrogen) atoms. The Morgan fingerprint density at radius 1 is 0.833 bits per heavy atom. The van der Waals surface area contributed by atoms with Crippen LogP contribution in [-0.2, 0) is 6.54 Å². The van der Waals surface area contributed by atoms with E-state index in [1.54, 1.807) is 0 Å². The quantitative estimate of drug-likeness (QED) is 0.723. The van der Waals surface area contributed by atoms with E-state index in [9.17, 15) is 0 Å². The van der Waals surface area contributed by atoms with Gasteiger partial charge in [0.2, 0.25) is 0 Å². The van der Waals surface area contributed by atoms with Crippen molar-refractivity contribution >= 4 is 0 Å². The van der Waals surface area contributed by atoms with Gasteiger partial charge in [-0.15, -0.1) is 0 Å². The summed E-state index contributed by atoms with van der Waals surface area (Å²) in [6.07, 6.45) is 8.49. The van der Waals surface area contributed by atoms with Gasteiger partial charge in [-0.2, -0.15) is 0 Å². The zero-order valence-electron chi connectivity index (χ0n) is 14.4. The fourth-order valence-corrected chi connectivity index (χ4v) is 4.49. The number of hydrogen-bond acceptors (Lipinski definition) is 2. The predicted molar refractivity (Wildman–Crippen MR) is 98.3 cm³/mol. The van der Waals surface area contributed by atoms with E-state index in [0.717, 1.165) is 30.0 Å². The number of ether oxygens (including phenoxy) is 1. The average molecular weight is 321 g/mol. The monoisotopic (exact) mass is 321 g/mol. The first-order chi connectivity index (χ1) is 11.9. The lowest BCUT2D eigenvalue weighted by molar-refractivity contribution is 0.0547. The summed E-state index contributed by atoms with van der Waals surface area (Å²) in [6, 6.07) is 19.5. The first kappa shape index (κ1) is 15.7. The number of piperidine rings is 1. The van der Waals surface area contributed by atoms with Crippen LogP contribution in [0.15, 0.2) is 54.6 Å². The van der Waals surface area contributed by atoms with Crippen molar-refractivity contribution in [1.82, 2.24) is 4.90 Å². The molecule has 0 amide bonds. The van der Waals surface area contributed by atoms with Crippen molar-refractivity contribution in [2.75, 3.05) is 6.54 Å². The Bertz CT molecular complexity index is 652. The first-order valence-electron chi connectivity index (χ1n) is 9.44. The van der Waals surface area contributed by atoms with Crippen LogP contribution < -0.4 is 4.74 Å². The van der Waals surface area contributed by atoms with Gasteiger partial charge >= 0.3 is 0 Å². The van der Waals surface area contributed by atoms with Crippen molar-refractivity contribution in [3.63, 3.8) is 0 Å². The summed E-state index contributed by atoms with van der Waals surface area (Å²) < 4.78 is 6.00. The molecule has 1 saturated carbocycles. The molecular weight excluding hydrogens is 294 g/mol. The second-order valence-electron chi connectivity index (χ2n) is 7.29. The lowest BCUT2D eigenvalue weighted by Crippen LogP contribution is -2.46. The Morgan fingerprint density at radius 3 is 2.54 bits per heavy atom. The highest BCUT2D eigenvalue weighted by Crippen LogP contribution is 2.36. The minimum absolute atomic E-state index is 0.811. The molecular formula is C22H27NO. The molecule has 2 nitrogen and oxygen atoms in total. The zero-order chi connectivity index (χ0) is 16.2. The molecule has 1 heterocycles. The van der Waals surface area contributed by atoms with Gasteiger partial charge in [-0.25, -0.2) is 0 Å². The maximum atomic E-state index is 6.00. The lowest BCUT2D eigenvalue weighted by atomic mass is 9.78. The van der Waals surface area contributed by atoms with E-state index in [2.05, 4.69) is 29.2 Å². The standard InChI is InChI=1S/C22H27NO/c1-2-11-20(12-3-1)24-21-13-6-8-18(16-21)17-23-15-7-10-19-9-4-5-14-22(19)23/h1-3,6,8,11-13,16,19,22H,4-5,7,9-10,14-15,17H2/t19-,22-/m0/s1. The summed E-state index contributed by atoms with van der Waals surface area (Å²) in [7, 11) is 0. The lowest BCUT2D eigenvalue weighted by Gasteiger charge is -2.44. The zero-order valence-corrected chi connectivity index (χ0v) is 14.4. The highest BCUT2D eigenvalue weighted by Gasteiger charge is 2.32. The molecule has 0 radical (unpaired) electrons. The molecule has 0 spiro atoms. The van der Waals surface area contributed by atoms with E-state index >= 15 is 0 Å². The molecule has 2 aliphatic rings. The molecule has 4 rings (SSSR count). The van der Waals surface area contributed by atoms with Gasteiger partial charge in [0.05, 0.1) is 0 Å². The van der Waals surface area contributed by atoms with Crippen molar-refractivity contribution < 1.29 is 4.74 Å². The Balaban J connectivity index is 1.45. The highest BCUT2D eigenvalue weighted by molar-refractivity contribution is 5.33. The van der Waals surface area contributed by atoms with E-state index in [1.807, 2.05) is 30.3 Å². The number of benzene rings is 2. The number of fused-ring (bicyclic) bond motifs is 1. The van der Waals surface area contributed by atoms with Crippen molar-refractivity contribution in [3.8, 4) is 11.5 Å². The second kappa shape index (κ2) is 7.40. The van der Waals surface area contributed by atoms with Crippen LogP contribution in [0.1, 0.15) is 44.1 Å². The summed E-state index contributed by atoms with van der Waals surface area (Å²) in [5, 5.41) is 0. The van der Waals surface area contributed by atoms with Gasteiger partial charge in [0.15, 0.2) is 0 Å². The highest BCUT2D eigenvalue weighted by atomic mass is 16.5. The molecule has 0 bridgehead atoms. The van der Waals surface area contributed by atoms with E-state index in [0.29, 0.717) is 0 Å². The first-order valence-corrected chi connectivity index (χ1v) is 9.44. The maximum Gasteiger partial charge on any atom is 0.127 e. The van der Waals surface area contributed by atoms with Crippen LogP contribution >= 0.6 is 0 Å². The molecule has 2 fully saturated rings. The number of rotatable bonds is 4. The number of para-hydroxylation sites is 1. The van der Waals surface area contributed by atoms with Crippen LogP contribution in [0.3, 0.4) is 0 Å². The average Bonchev–Trinajstić information content (AvgIpc) is 2.63. The van der Waals surface area contributed by atoms with Crippen LogP contribution in [-0.4, -0.2) is 17.5 Å². The fraction of sp³-hybridized carbons (Fsp3) is 0.455. The van der Waals surface area contributed by atoms with Crippen LogP contribution in [0.4, 0.5) is 0 Å². The van der Waals surface area contributed by atoms with Gasteiger partial charge in [-0.05, 0) is 68.0 Å². The molecule has 2 atom stereocenters. The molecule has 2 aromatic rings. The SMILES string of the molecule is c1ccc(Oc2cccc(CN3CCC[C@@H]4CCCC[C@@H]43)c2)cc1. The van der Waals surface area contributed by atoms with E-state index < -0.39 is 0 Å². The Morgan fingerprint density at radius 2 is 1.62 bits per heavy atom. The van der Waals surface area contributed by atoms with E-state index in [-0.39, 0.29) is 0 Å². The third-order valence-corrected chi connectivity index (χ3v) is 5.62. The van der Waals surface area contributed by atoms with Crippen LogP contribution in [0.2, 0.25) is 0 Å². The third-order valence-electron chi connectivity index (χ3n) is 5.62. The van der Waals surface area contributed by atoms with Gasteiger partial charge in [-0.1, -0.05) is 43.2 Å². The summed E-state index contributed by atoms with van der Waals surface area (Å²) in [5.74, 6) is 2.78. The summed E-state index contributed by atoms with van der Waals surface area (Å²) in [5.41, 5.74) is 1.37. The minimum atomic E-state index is 0.811. The number of nitrogens with zero attached hydrogens (tertiary/aromatic N) is 1. The maximum absolute atomic E-state index is 6.00. The van der Waals surface area contributed by atoms with E-state index in [4.69, 9.17) is 4.74 Å². The molecule has 126 valence electrons. The molecule has 1 aliphatic carbocycles. The van der Waals surface area contributed by atoms with Crippen molar-refractivity contribution in [2.45, 2.75) is 51.1 Å². The molecule has 2 aromatic carbocycles. The molecule has 0 unspecified atom stereocenters. The molecule has 0 aromatic heterocycles.